The Morgan fingerprint density at radius 2 is 2.00 bits per heavy atom. The van der Waals surface area contributed by atoms with Gasteiger partial charge in [0.25, 0.3) is 0 Å². The molecule has 126 valence electrons. The molecule has 2 aliphatic rings. The van der Waals surface area contributed by atoms with Gasteiger partial charge in [-0.1, -0.05) is 0 Å². The lowest BCUT2D eigenvalue weighted by atomic mass is 9.98. The highest BCUT2D eigenvalue weighted by Gasteiger charge is 2.27. The Bertz CT molecular complexity index is 378. The number of likely N-dealkylation sites (tertiary alicyclic amines) is 1. The van der Waals surface area contributed by atoms with Crippen LogP contribution in [0.3, 0.4) is 0 Å². The summed E-state index contributed by atoms with van der Waals surface area (Å²) in [5.41, 5.74) is 0. The van der Waals surface area contributed by atoms with E-state index >= 15 is 0 Å². The molecule has 2 atom stereocenters. The SMILES string of the molecule is CCN(CC)C(=O)N1CCC[C@@H](CNC(=O)[C@@H]2CCCN2)C1. The van der Waals surface area contributed by atoms with Crippen molar-refractivity contribution in [2.45, 2.75) is 45.6 Å². The molecule has 0 aromatic carbocycles. The van der Waals surface area contributed by atoms with Gasteiger partial charge in [-0.3, -0.25) is 4.79 Å². The maximum Gasteiger partial charge on any atom is 0.319 e. The number of hydrogen-bond acceptors (Lipinski definition) is 3. The van der Waals surface area contributed by atoms with E-state index in [0.29, 0.717) is 12.5 Å². The van der Waals surface area contributed by atoms with Gasteiger partial charge in [-0.15, -0.1) is 0 Å². The van der Waals surface area contributed by atoms with Crippen molar-refractivity contribution in [3.8, 4) is 0 Å². The average molecular weight is 310 g/mol. The normalized spacial score (nSPS) is 25.1. The highest BCUT2D eigenvalue weighted by atomic mass is 16.2. The van der Waals surface area contributed by atoms with E-state index in [4.69, 9.17) is 0 Å². The van der Waals surface area contributed by atoms with Crippen LogP contribution in [0.4, 0.5) is 4.79 Å². The van der Waals surface area contributed by atoms with Crippen LogP contribution in [0.2, 0.25) is 0 Å². The van der Waals surface area contributed by atoms with Crippen molar-refractivity contribution in [3.05, 3.63) is 0 Å². The molecular weight excluding hydrogens is 280 g/mol. The molecule has 2 N–H and O–H groups in total. The zero-order valence-corrected chi connectivity index (χ0v) is 13.9. The van der Waals surface area contributed by atoms with Gasteiger partial charge in [-0.2, -0.15) is 0 Å². The summed E-state index contributed by atoms with van der Waals surface area (Å²) in [5.74, 6) is 0.489. The third-order valence-electron chi connectivity index (χ3n) is 4.77. The maximum absolute atomic E-state index is 12.4. The van der Waals surface area contributed by atoms with Crippen LogP contribution < -0.4 is 10.6 Å². The van der Waals surface area contributed by atoms with E-state index in [-0.39, 0.29) is 18.0 Å². The molecule has 0 bridgehead atoms. The van der Waals surface area contributed by atoms with Gasteiger partial charge in [-0.25, -0.2) is 4.79 Å². The molecular formula is C16H30N4O2. The summed E-state index contributed by atoms with van der Waals surface area (Å²) in [5, 5.41) is 6.28. The fourth-order valence-corrected chi connectivity index (χ4v) is 3.38. The molecule has 2 aliphatic heterocycles. The first-order valence-corrected chi connectivity index (χ1v) is 8.70. The molecule has 3 amide bonds. The molecule has 2 saturated heterocycles. The number of carbonyl (C=O) groups is 2. The lowest BCUT2D eigenvalue weighted by Gasteiger charge is -2.36. The topological polar surface area (TPSA) is 64.7 Å². The third kappa shape index (κ3) is 4.35. The number of piperidine rings is 1. The lowest BCUT2D eigenvalue weighted by Crippen LogP contribution is -2.50. The number of rotatable bonds is 5. The molecule has 0 saturated carbocycles. The first-order chi connectivity index (χ1) is 10.7. The molecule has 6 heteroatoms. The molecule has 2 heterocycles. The van der Waals surface area contributed by atoms with E-state index in [1.165, 1.54) is 0 Å². The van der Waals surface area contributed by atoms with Gasteiger partial charge < -0.3 is 20.4 Å². The maximum atomic E-state index is 12.4. The molecule has 0 unspecified atom stereocenters. The Morgan fingerprint density at radius 1 is 1.23 bits per heavy atom. The summed E-state index contributed by atoms with van der Waals surface area (Å²) in [6.45, 7) is 8.74. The molecule has 2 fully saturated rings. The van der Waals surface area contributed by atoms with E-state index < -0.39 is 0 Å². The van der Waals surface area contributed by atoms with Crippen LogP contribution in [0.25, 0.3) is 0 Å². The van der Waals surface area contributed by atoms with Crippen molar-refractivity contribution in [3.63, 3.8) is 0 Å². The van der Waals surface area contributed by atoms with Crippen LogP contribution in [-0.2, 0) is 4.79 Å². The molecule has 0 aromatic heterocycles. The van der Waals surface area contributed by atoms with Crippen molar-refractivity contribution in [1.82, 2.24) is 20.4 Å². The van der Waals surface area contributed by atoms with Crippen molar-refractivity contribution >= 4 is 11.9 Å². The molecule has 0 aromatic rings. The van der Waals surface area contributed by atoms with Crippen LogP contribution in [0, 0.1) is 5.92 Å². The van der Waals surface area contributed by atoms with Crippen molar-refractivity contribution < 1.29 is 9.59 Å². The molecule has 0 spiro atoms. The van der Waals surface area contributed by atoms with Crippen LogP contribution in [0.15, 0.2) is 0 Å². The monoisotopic (exact) mass is 310 g/mol. The predicted octanol–water partition coefficient (Wildman–Crippen LogP) is 1.03. The van der Waals surface area contributed by atoms with Crippen molar-refractivity contribution in [2.75, 3.05) is 39.3 Å². The summed E-state index contributed by atoms with van der Waals surface area (Å²) in [6, 6.07) is 0.121. The van der Waals surface area contributed by atoms with Gasteiger partial charge in [0, 0.05) is 32.7 Å². The molecule has 22 heavy (non-hydrogen) atoms. The molecule has 2 rings (SSSR count). The number of nitrogens with one attached hydrogen (secondary N) is 2. The van der Waals surface area contributed by atoms with Crippen LogP contribution in [0.1, 0.15) is 39.5 Å². The summed E-state index contributed by atoms with van der Waals surface area (Å²) < 4.78 is 0. The Hall–Kier alpha value is -1.30. The van der Waals surface area contributed by atoms with Gasteiger partial charge in [0.15, 0.2) is 0 Å². The number of hydrogen-bond donors (Lipinski definition) is 2. The zero-order chi connectivity index (χ0) is 15.9. The zero-order valence-electron chi connectivity index (χ0n) is 13.9. The van der Waals surface area contributed by atoms with Gasteiger partial charge in [0.05, 0.1) is 6.04 Å². The highest BCUT2D eigenvalue weighted by molar-refractivity contribution is 5.82. The lowest BCUT2D eigenvalue weighted by molar-refractivity contribution is -0.123. The van der Waals surface area contributed by atoms with Crippen LogP contribution in [-0.4, -0.2) is 67.0 Å². The van der Waals surface area contributed by atoms with E-state index in [0.717, 1.165) is 58.4 Å². The fraction of sp³-hybridized carbons (Fsp3) is 0.875. The van der Waals surface area contributed by atoms with E-state index in [1.807, 2.05) is 23.6 Å². The molecule has 6 nitrogen and oxygen atoms in total. The Balaban J connectivity index is 1.77. The number of urea groups is 1. The molecule has 0 radical (unpaired) electrons. The Morgan fingerprint density at radius 3 is 2.64 bits per heavy atom. The smallest absolute Gasteiger partial charge is 0.319 e. The van der Waals surface area contributed by atoms with Gasteiger partial charge >= 0.3 is 6.03 Å². The minimum atomic E-state index is -0.0167. The Kier molecular flexibility index (Phi) is 6.49. The largest absolute Gasteiger partial charge is 0.354 e. The van der Waals surface area contributed by atoms with Gasteiger partial charge in [0.1, 0.15) is 0 Å². The fourth-order valence-electron chi connectivity index (χ4n) is 3.38. The van der Waals surface area contributed by atoms with Gasteiger partial charge in [-0.05, 0) is 52.0 Å². The number of amides is 3. The summed E-state index contributed by atoms with van der Waals surface area (Å²) >= 11 is 0. The van der Waals surface area contributed by atoms with Crippen molar-refractivity contribution in [1.29, 1.82) is 0 Å². The van der Waals surface area contributed by atoms with Crippen LogP contribution in [0.5, 0.6) is 0 Å². The molecule has 0 aliphatic carbocycles. The standard InChI is InChI=1S/C16H30N4O2/c1-3-19(4-2)16(22)20-10-6-7-13(12-20)11-18-15(21)14-8-5-9-17-14/h13-14,17H,3-12H2,1-2H3,(H,18,21)/t13-,14-/m0/s1. The summed E-state index contributed by atoms with van der Waals surface area (Å²) in [6.07, 6.45) is 4.12. The summed E-state index contributed by atoms with van der Waals surface area (Å²) in [4.78, 5) is 28.3. The van der Waals surface area contributed by atoms with Crippen molar-refractivity contribution in [2.24, 2.45) is 5.92 Å². The van der Waals surface area contributed by atoms with E-state index in [1.54, 1.807) is 0 Å². The second-order valence-corrected chi connectivity index (χ2v) is 6.30. The minimum Gasteiger partial charge on any atom is -0.354 e. The second-order valence-electron chi connectivity index (χ2n) is 6.30. The van der Waals surface area contributed by atoms with E-state index in [2.05, 4.69) is 10.6 Å². The van der Waals surface area contributed by atoms with Gasteiger partial charge in [0.2, 0.25) is 5.91 Å². The quantitative estimate of drug-likeness (QED) is 0.797. The van der Waals surface area contributed by atoms with E-state index in [9.17, 15) is 9.59 Å². The minimum absolute atomic E-state index is 0.0167. The number of carbonyl (C=O) groups excluding carboxylic acids is 2. The highest BCUT2D eigenvalue weighted by Crippen LogP contribution is 2.17. The first kappa shape index (κ1) is 17.1. The third-order valence-corrected chi connectivity index (χ3v) is 4.77. The first-order valence-electron chi connectivity index (χ1n) is 8.70. The Labute approximate surface area is 133 Å². The predicted molar refractivity (Wildman–Crippen MR) is 86.6 cm³/mol. The second kappa shape index (κ2) is 8.36. The number of nitrogens with zero attached hydrogens (tertiary/aromatic N) is 2. The summed E-state index contributed by atoms with van der Waals surface area (Å²) in [7, 11) is 0. The average Bonchev–Trinajstić information content (AvgIpc) is 3.08. The van der Waals surface area contributed by atoms with Crippen LogP contribution >= 0.6 is 0 Å².